The number of rotatable bonds is 6. The van der Waals surface area contributed by atoms with Crippen molar-refractivity contribution in [2.24, 2.45) is 0 Å². The Labute approximate surface area is 213 Å². The molecule has 10 heteroatoms. The number of carboxylic acids is 2. The van der Waals surface area contributed by atoms with Gasteiger partial charge in [-0.05, 0) is 66.5 Å². The maximum absolute atomic E-state index is 11.7. The Balaban J connectivity index is 0. The predicted molar refractivity (Wildman–Crippen MR) is 137 cm³/mol. The lowest BCUT2D eigenvalue weighted by atomic mass is 10.1. The Kier molecular flexibility index (Phi) is 15.2. The van der Waals surface area contributed by atoms with Gasteiger partial charge in [-0.1, -0.05) is 37.4 Å². The van der Waals surface area contributed by atoms with Crippen LogP contribution in [-0.4, -0.2) is 45.5 Å². The number of carboxylic acid groups (broad SMARTS) is 2. The molecule has 36 heavy (non-hydrogen) atoms. The van der Waals surface area contributed by atoms with Gasteiger partial charge in [-0.15, -0.1) is 0 Å². The van der Waals surface area contributed by atoms with Crippen LogP contribution in [0, 0.1) is 0 Å². The highest BCUT2D eigenvalue weighted by atomic mass is 16.6. The lowest BCUT2D eigenvalue weighted by Gasteiger charge is -2.21. The number of amides is 2. The summed E-state index contributed by atoms with van der Waals surface area (Å²) in [6, 6.07) is 7.54. The highest BCUT2D eigenvalue weighted by molar-refractivity contribution is 5.85. The van der Waals surface area contributed by atoms with Crippen molar-refractivity contribution in [2.75, 3.05) is 0 Å². The van der Waals surface area contributed by atoms with Crippen LogP contribution in [0.4, 0.5) is 9.59 Å². The number of nitrogens with one attached hydrogen (secondary N) is 2. The van der Waals surface area contributed by atoms with Crippen molar-refractivity contribution >= 4 is 24.1 Å². The van der Waals surface area contributed by atoms with Crippen LogP contribution < -0.4 is 10.6 Å². The number of benzene rings is 1. The second-order valence-corrected chi connectivity index (χ2v) is 9.65. The molecule has 0 heterocycles. The van der Waals surface area contributed by atoms with Gasteiger partial charge in [-0.2, -0.15) is 0 Å². The van der Waals surface area contributed by atoms with Gasteiger partial charge in [0.15, 0.2) is 0 Å². The van der Waals surface area contributed by atoms with Crippen molar-refractivity contribution < 1.29 is 38.9 Å². The first kappa shape index (κ1) is 34.3. The molecule has 0 spiro atoms. The lowest BCUT2D eigenvalue weighted by molar-refractivity contribution is -0.133. The van der Waals surface area contributed by atoms with Gasteiger partial charge in [0, 0.05) is 24.2 Å². The molecule has 0 radical (unpaired) electrons. The van der Waals surface area contributed by atoms with E-state index in [1.165, 1.54) is 13.8 Å². The van der Waals surface area contributed by atoms with E-state index in [1.54, 1.807) is 0 Å². The SMILES string of the molecule is C=C(C)C(=O)O.C=C(C)C(=O)O.CC(C)(C)OC(=O)NCc1ccccc1CNC(=O)OC(C)(C)C. The highest BCUT2D eigenvalue weighted by Crippen LogP contribution is 2.11. The molecule has 0 saturated carbocycles. The van der Waals surface area contributed by atoms with Crippen LogP contribution in [0.1, 0.15) is 66.5 Å². The first-order valence-corrected chi connectivity index (χ1v) is 11.0. The van der Waals surface area contributed by atoms with E-state index < -0.39 is 35.3 Å². The van der Waals surface area contributed by atoms with E-state index in [2.05, 4.69) is 23.8 Å². The van der Waals surface area contributed by atoms with Crippen LogP contribution in [0.5, 0.6) is 0 Å². The van der Waals surface area contributed by atoms with E-state index in [0.717, 1.165) is 11.1 Å². The van der Waals surface area contributed by atoms with E-state index in [1.807, 2.05) is 65.8 Å². The van der Waals surface area contributed by atoms with Gasteiger partial charge in [0.1, 0.15) is 11.2 Å². The highest BCUT2D eigenvalue weighted by Gasteiger charge is 2.17. The van der Waals surface area contributed by atoms with Gasteiger partial charge in [0.25, 0.3) is 0 Å². The second kappa shape index (κ2) is 16.0. The molecule has 0 aliphatic carbocycles. The predicted octanol–water partition coefficient (Wildman–Crippen LogP) is 5.03. The molecule has 0 aliphatic rings. The Morgan fingerprint density at radius 3 is 1.17 bits per heavy atom. The minimum absolute atomic E-state index is 0.176. The number of hydrogen-bond donors (Lipinski definition) is 4. The number of aliphatic carboxylic acids is 2. The zero-order valence-corrected chi connectivity index (χ0v) is 22.5. The van der Waals surface area contributed by atoms with Crippen molar-refractivity contribution in [2.45, 2.75) is 79.7 Å². The zero-order valence-electron chi connectivity index (χ0n) is 22.5. The van der Waals surface area contributed by atoms with Gasteiger partial charge in [-0.3, -0.25) is 0 Å². The van der Waals surface area contributed by atoms with Crippen LogP contribution in [-0.2, 0) is 32.2 Å². The summed E-state index contributed by atoms with van der Waals surface area (Å²) in [4.78, 5) is 42.7. The molecule has 10 nitrogen and oxygen atoms in total. The second-order valence-electron chi connectivity index (χ2n) is 9.65. The molecule has 0 saturated heterocycles. The fourth-order valence-electron chi connectivity index (χ4n) is 1.87. The number of ether oxygens (including phenoxy) is 2. The average molecular weight is 509 g/mol. The first-order chi connectivity index (χ1) is 16.2. The molecular weight excluding hydrogens is 468 g/mol. The van der Waals surface area contributed by atoms with Gasteiger partial charge < -0.3 is 30.3 Å². The summed E-state index contributed by atoms with van der Waals surface area (Å²) < 4.78 is 10.4. The molecule has 0 aromatic heterocycles. The number of carbonyl (C=O) groups is 4. The van der Waals surface area contributed by atoms with Crippen molar-refractivity contribution in [3.63, 3.8) is 0 Å². The van der Waals surface area contributed by atoms with Crippen molar-refractivity contribution in [3.8, 4) is 0 Å². The summed E-state index contributed by atoms with van der Waals surface area (Å²) in [5.74, 6) is -1.87. The molecule has 0 aliphatic heterocycles. The van der Waals surface area contributed by atoms with E-state index in [9.17, 15) is 19.2 Å². The van der Waals surface area contributed by atoms with Crippen LogP contribution in [0.25, 0.3) is 0 Å². The molecule has 2 amide bonds. The monoisotopic (exact) mass is 508 g/mol. The van der Waals surface area contributed by atoms with Gasteiger partial charge in [0.05, 0.1) is 0 Å². The molecular formula is C26H40N2O8. The van der Waals surface area contributed by atoms with Crippen LogP contribution in [0.15, 0.2) is 48.6 Å². The van der Waals surface area contributed by atoms with Crippen LogP contribution in [0.3, 0.4) is 0 Å². The summed E-state index contributed by atoms with van der Waals surface area (Å²) in [6.45, 7) is 20.7. The average Bonchev–Trinajstić information content (AvgIpc) is 2.69. The molecule has 4 N–H and O–H groups in total. The third-order valence-corrected chi connectivity index (χ3v) is 3.49. The van der Waals surface area contributed by atoms with E-state index in [-0.39, 0.29) is 11.1 Å². The zero-order chi connectivity index (χ0) is 28.7. The standard InChI is InChI=1S/C18H28N2O4.2C4H6O2/c1-17(2,3)23-15(21)19-11-13-9-7-8-10-14(13)12-20-16(22)24-18(4,5)6;2*1-3(2)4(5)6/h7-10H,11-12H2,1-6H3,(H,19,21)(H,20,22);2*1H2,2H3,(H,5,6). The molecule has 1 aromatic rings. The van der Waals surface area contributed by atoms with Crippen LogP contribution >= 0.6 is 0 Å². The fraction of sp³-hybridized carbons (Fsp3) is 0.462. The van der Waals surface area contributed by atoms with Crippen molar-refractivity contribution in [1.29, 1.82) is 0 Å². The molecule has 0 unspecified atom stereocenters. The number of hydrogen-bond acceptors (Lipinski definition) is 6. The van der Waals surface area contributed by atoms with E-state index >= 15 is 0 Å². The molecule has 0 bridgehead atoms. The van der Waals surface area contributed by atoms with E-state index in [4.69, 9.17) is 19.7 Å². The third kappa shape index (κ3) is 20.8. The quantitative estimate of drug-likeness (QED) is 0.391. The maximum atomic E-state index is 11.7. The Morgan fingerprint density at radius 1 is 0.722 bits per heavy atom. The Hall–Kier alpha value is -3.82. The molecule has 0 fully saturated rings. The summed E-state index contributed by atoms with van der Waals surface area (Å²) in [5, 5.41) is 21.2. The fourth-order valence-corrected chi connectivity index (χ4v) is 1.87. The van der Waals surface area contributed by atoms with Gasteiger partial charge in [0.2, 0.25) is 0 Å². The molecule has 1 rings (SSSR count). The summed E-state index contributed by atoms with van der Waals surface area (Å²) in [5.41, 5.74) is 1.08. The summed E-state index contributed by atoms with van der Waals surface area (Å²) >= 11 is 0. The Bertz CT molecular complexity index is 826. The Morgan fingerprint density at radius 2 is 0.972 bits per heavy atom. The number of carbonyl (C=O) groups excluding carboxylic acids is 2. The topological polar surface area (TPSA) is 151 Å². The molecule has 202 valence electrons. The largest absolute Gasteiger partial charge is 0.478 e. The lowest BCUT2D eigenvalue weighted by Crippen LogP contribution is -2.33. The maximum Gasteiger partial charge on any atom is 0.407 e. The third-order valence-electron chi connectivity index (χ3n) is 3.49. The number of alkyl carbamates (subject to hydrolysis) is 2. The normalized spacial score (nSPS) is 10.2. The summed E-state index contributed by atoms with van der Waals surface area (Å²) in [7, 11) is 0. The molecule has 1 aromatic carbocycles. The van der Waals surface area contributed by atoms with Crippen molar-refractivity contribution in [1.82, 2.24) is 10.6 Å². The van der Waals surface area contributed by atoms with Crippen molar-refractivity contribution in [3.05, 3.63) is 59.7 Å². The smallest absolute Gasteiger partial charge is 0.407 e. The van der Waals surface area contributed by atoms with E-state index in [0.29, 0.717) is 13.1 Å². The minimum Gasteiger partial charge on any atom is -0.478 e. The van der Waals surface area contributed by atoms with Gasteiger partial charge >= 0.3 is 24.1 Å². The molecule has 0 atom stereocenters. The minimum atomic E-state index is -0.935. The van der Waals surface area contributed by atoms with Gasteiger partial charge in [-0.25, -0.2) is 19.2 Å². The van der Waals surface area contributed by atoms with Crippen LogP contribution in [0.2, 0.25) is 0 Å². The summed E-state index contributed by atoms with van der Waals surface area (Å²) in [6.07, 6.45) is -0.949. The first-order valence-electron chi connectivity index (χ1n) is 11.0.